The molecule has 0 unspecified atom stereocenters. The summed E-state index contributed by atoms with van der Waals surface area (Å²) in [6.07, 6.45) is 4.61. The molecule has 1 saturated carbocycles. The number of para-hydroxylation sites is 1. The van der Waals surface area contributed by atoms with Gasteiger partial charge >= 0.3 is 0 Å². The van der Waals surface area contributed by atoms with Gasteiger partial charge in [0.2, 0.25) is 0 Å². The minimum atomic E-state index is 0.752. The van der Waals surface area contributed by atoms with Crippen molar-refractivity contribution in [3.8, 4) is 0 Å². The van der Waals surface area contributed by atoms with Crippen LogP contribution in [0.4, 0.5) is 5.69 Å². The molecule has 80 valence electrons. The molecule has 1 aliphatic carbocycles. The molecular formula is C13H18N2. The van der Waals surface area contributed by atoms with Crippen molar-refractivity contribution >= 4 is 5.69 Å². The molecule has 1 aromatic carbocycles. The minimum absolute atomic E-state index is 0.752. The molecule has 0 heterocycles. The van der Waals surface area contributed by atoms with E-state index in [9.17, 15) is 0 Å². The van der Waals surface area contributed by atoms with E-state index in [2.05, 4.69) is 17.5 Å². The minimum Gasteiger partial charge on any atom is -0.398 e. The Morgan fingerprint density at radius 2 is 2.13 bits per heavy atom. The van der Waals surface area contributed by atoms with Crippen molar-refractivity contribution in [1.82, 2.24) is 4.90 Å². The fourth-order valence-electron chi connectivity index (χ4n) is 1.85. The Morgan fingerprint density at radius 1 is 1.40 bits per heavy atom. The Morgan fingerprint density at radius 3 is 2.73 bits per heavy atom. The molecule has 0 spiro atoms. The summed E-state index contributed by atoms with van der Waals surface area (Å²) < 4.78 is 0. The second-order valence-corrected chi connectivity index (χ2v) is 4.15. The van der Waals surface area contributed by atoms with Crippen molar-refractivity contribution < 1.29 is 0 Å². The zero-order chi connectivity index (χ0) is 10.7. The lowest BCUT2D eigenvalue weighted by Crippen LogP contribution is -2.25. The van der Waals surface area contributed by atoms with E-state index in [1.165, 1.54) is 18.4 Å². The highest BCUT2D eigenvalue weighted by atomic mass is 15.2. The van der Waals surface area contributed by atoms with E-state index >= 15 is 0 Å². The predicted octanol–water partition coefficient (Wildman–Crippen LogP) is 2.42. The smallest absolute Gasteiger partial charge is 0.0359 e. The highest BCUT2D eigenvalue weighted by molar-refractivity contribution is 5.46. The fourth-order valence-corrected chi connectivity index (χ4v) is 1.85. The Hall–Kier alpha value is -1.28. The second kappa shape index (κ2) is 4.49. The highest BCUT2D eigenvalue weighted by Crippen LogP contribution is 2.28. The van der Waals surface area contributed by atoms with Gasteiger partial charge in [0.15, 0.2) is 0 Å². The summed E-state index contributed by atoms with van der Waals surface area (Å²) in [6, 6.07) is 8.85. The van der Waals surface area contributed by atoms with Crippen molar-refractivity contribution in [3.05, 3.63) is 42.5 Å². The zero-order valence-corrected chi connectivity index (χ0v) is 9.02. The third kappa shape index (κ3) is 2.60. The molecule has 0 aromatic heterocycles. The van der Waals surface area contributed by atoms with Crippen LogP contribution in [0.15, 0.2) is 36.9 Å². The van der Waals surface area contributed by atoms with E-state index in [0.717, 1.165) is 24.8 Å². The third-order valence-electron chi connectivity index (χ3n) is 2.86. The van der Waals surface area contributed by atoms with Gasteiger partial charge in [0.05, 0.1) is 0 Å². The van der Waals surface area contributed by atoms with Gasteiger partial charge in [0.25, 0.3) is 0 Å². The molecule has 0 bridgehead atoms. The van der Waals surface area contributed by atoms with Gasteiger partial charge in [0.1, 0.15) is 0 Å². The number of nitrogens with two attached hydrogens (primary N) is 1. The maximum Gasteiger partial charge on any atom is 0.0359 e. The van der Waals surface area contributed by atoms with Crippen molar-refractivity contribution in [2.75, 3.05) is 12.3 Å². The van der Waals surface area contributed by atoms with Crippen LogP contribution in [0.1, 0.15) is 18.4 Å². The maximum atomic E-state index is 5.93. The van der Waals surface area contributed by atoms with Crippen molar-refractivity contribution in [2.24, 2.45) is 0 Å². The zero-order valence-electron chi connectivity index (χ0n) is 9.02. The van der Waals surface area contributed by atoms with Crippen molar-refractivity contribution in [2.45, 2.75) is 25.4 Å². The molecule has 0 aliphatic heterocycles. The fraction of sp³-hybridized carbons (Fsp3) is 0.385. The number of benzene rings is 1. The van der Waals surface area contributed by atoms with Gasteiger partial charge in [-0.15, -0.1) is 6.58 Å². The second-order valence-electron chi connectivity index (χ2n) is 4.15. The van der Waals surface area contributed by atoms with E-state index in [1.54, 1.807) is 0 Å². The van der Waals surface area contributed by atoms with Crippen LogP contribution in [-0.2, 0) is 6.54 Å². The molecule has 2 heteroatoms. The summed E-state index contributed by atoms with van der Waals surface area (Å²) in [4.78, 5) is 2.44. The Labute approximate surface area is 91.4 Å². The molecule has 0 saturated heterocycles. The summed E-state index contributed by atoms with van der Waals surface area (Å²) in [5.74, 6) is 0. The molecule has 0 amide bonds. The van der Waals surface area contributed by atoms with E-state index < -0.39 is 0 Å². The topological polar surface area (TPSA) is 29.3 Å². The normalized spacial score (nSPS) is 15.5. The summed E-state index contributed by atoms with van der Waals surface area (Å²) in [5, 5.41) is 0. The van der Waals surface area contributed by atoms with Crippen LogP contribution in [0.25, 0.3) is 0 Å². The molecule has 1 fully saturated rings. The summed E-state index contributed by atoms with van der Waals surface area (Å²) in [7, 11) is 0. The predicted molar refractivity (Wildman–Crippen MR) is 64.5 cm³/mol. The average molecular weight is 202 g/mol. The molecule has 1 aliphatic rings. The van der Waals surface area contributed by atoms with Gasteiger partial charge in [0, 0.05) is 24.8 Å². The lowest BCUT2D eigenvalue weighted by molar-refractivity contribution is 0.284. The molecule has 0 radical (unpaired) electrons. The largest absolute Gasteiger partial charge is 0.398 e. The number of anilines is 1. The highest BCUT2D eigenvalue weighted by Gasteiger charge is 2.28. The van der Waals surface area contributed by atoms with Gasteiger partial charge in [-0.2, -0.15) is 0 Å². The van der Waals surface area contributed by atoms with E-state index in [1.807, 2.05) is 24.3 Å². The summed E-state index contributed by atoms with van der Waals surface area (Å²) >= 11 is 0. The van der Waals surface area contributed by atoms with Gasteiger partial charge in [-0.25, -0.2) is 0 Å². The molecule has 15 heavy (non-hydrogen) atoms. The van der Waals surface area contributed by atoms with Crippen molar-refractivity contribution in [1.29, 1.82) is 0 Å². The quantitative estimate of drug-likeness (QED) is 0.587. The standard InChI is InChI=1S/C13H18N2/c1-2-9-15(12-7-8-12)10-11-5-3-4-6-13(11)14/h2-6,12H,1,7-10,14H2. The number of hydrogen-bond donors (Lipinski definition) is 1. The van der Waals surface area contributed by atoms with Gasteiger partial charge in [-0.1, -0.05) is 24.3 Å². The van der Waals surface area contributed by atoms with Crippen LogP contribution in [0.3, 0.4) is 0 Å². The monoisotopic (exact) mass is 202 g/mol. The third-order valence-corrected chi connectivity index (χ3v) is 2.86. The van der Waals surface area contributed by atoms with Crippen molar-refractivity contribution in [3.63, 3.8) is 0 Å². The Kier molecular flexibility index (Phi) is 3.07. The lowest BCUT2D eigenvalue weighted by Gasteiger charge is -2.20. The first kappa shape index (κ1) is 10.2. The van der Waals surface area contributed by atoms with Crippen LogP contribution in [0, 0.1) is 0 Å². The Bertz CT molecular complexity index is 342. The van der Waals surface area contributed by atoms with Crippen LogP contribution < -0.4 is 5.73 Å². The molecular weight excluding hydrogens is 184 g/mol. The first-order chi connectivity index (χ1) is 7.31. The molecule has 1 aromatic rings. The van der Waals surface area contributed by atoms with E-state index in [4.69, 9.17) is 5.73 Å². The summed E-state index contributed by atoms with van der Waals surface area (Å²) in [6.45, 7) is 5.71. The molecule has 0 atom stereocenters. The van der Waals surface area contributed by atoms with Crippen LogP contribution in [-0.4, -0.2) is 17.5 Å². The molecule has 2 nitrogen and oxygen atoms in total. The lowest BCUT2D eigenvalue weighted by atomic mass is 10.1. The van der Waals surface area contributed by atoms with Crippen LogP contribution >= 0.6 is 0 Å². The molecule has 2 rings (SSSR count). The van der Waals surface area contributed by atoms with Gasteiger partial charge < -0.3 is 5.73 Å². The number of nitrogens with zero attached hydrogens (tertiary/aromatic N) is 1. The SMILES string of the molecule is C=CCN(Cc1ccccc1N)C1CC1. The van der Waals surface area contributed by atoms with Gasteiger partial charge in [-0.05, 0) is 24.5 Å². The van der Waals surface area contributed by atoms with E-state index in [-0.39, 0.29) is 0 Å². The number of nitrogen functional groups attached to an aromatic ring is 1. The molecule has 2 N–H and O–H groups in total. The van der Waals surface area contributed by atoms with E-state index in [0.29, 0.717) is 0 Å². The van der Waals surface area contributed by atoms with Crippen LogP contribution in [0.5, 0.6) is 0 Å². The Balaban J connectivity index is 2.05. The first-order valence-electron chi connectivity index (χ1n) is 5.49. The first-order valence-corrected chi connectivity index (χ1v) is 5.49. The summed E-state index contributed by atoms with van der Waals surface area (Å²) in [5.41, 5.74) is 8.06. The number of rotatable bonds is 5. The van der Waals surface area contributed by atoms with Crippen LogP contribution in [0.2, 0.25) is 0 Å². The average Bonchev–Trinajstić information content (AvgIpc) is 3.04. The maximum absolute atomic E-state index is 5.93. The van der Waals surface area contributed by atoms with Gasteiger partial charge in [-0.3, -0.25) is 4.90 Å². The number of hydrogen-bond acceptors (Lipinski definition) is 2.